The first-order chi connectivity index (χ1) is 9.94. The van der Waals surface area contributed by atoms with Crippen LogP contribution >= 0.6 is 0 Å². The number of nitrogens with one attached hydrogen (secondary N) is 1. The second-order valence-corrected chi connectivity index (χ2v) is 4.30. The van der Waals surface area contributed by atoms with Crippen LogP contribution in [0.15, 0.2) is 53.6 Å². The molecule has 2 aromatic carbocycles. The highest BCUT2D eigenvalue weighted by atomic mass is 19.4. The van der Waals surface area contributed by atoms with E-state index in [1.54, 1.807) is 13.0 Å². The van der Waals surface area contributed by atoms with Crippen molar-refractivity contribution in [2.45, 2.75) is 13.3 Å². The first-order valence-electron chi connectivity index (χ1n) is 6.14. The molecule has 0 aromatic heterocycles. The Labute approximate surface area is 120 Å². The van der Waals surface area contributed by atoms with Gasteiger partial charge in [0.2, 0.25) is 0 Å². The van der Waals surface area contributed by atoms with Gasteiger partial charge in [-0.1, -0.05) is 24.3 Å². The number of anilines is 1. The molecular formula is C15H13F3N2O. The smallest absolute Gasteiger partial charge is 0.406 e. The molecule has 2 rings (SSSR count). The highest BCUT2D eigenvalue weighted by molar-refractivity contribution is 5.82. The molecular weight excluding hydrogens is 281 g/mol. The number of hydrogen-bond acceptors (Lipinski definition) is 3. The molecule has 0 atom stereocenters. The lowest BCUT2D eigenvalue weighted by Gasteiger charge is -2.10. The van der Waals surface area contributed by atoms with Crippen LogP contribution in [0.2, 0.25) is 0 Å². The molecule has 21 heavy (non-hydrogen) atoms. The Morgan fingerprint density at radius 2 is 1.81 bits per heavy atom. The van der Waals surface area contributed by atoms with E-state index in [1.807, 2.05) is 30.3 Å². The Hall–Kier alpha value is -2.50. The molecule has 0 bridgehead atoms. The van der Waals surface area contributed by atoms with Crippen LogP contribution in [-0.4, -0.2) is 12.6 Å². The van der Waals surface area contributed by atoms with Crippen LogP contribution in [0.25, 0.3) is 0 Å². The summed E-state index contributed by atoms with van der Waals surface area (Å²) in [5, 5.41) is 4.00. The predicted molar refractivity (Wildman–Crippen MR) is 75.5 cm³/mol. The summed E-state index contributed by atoms with van der Waals surface area (Å²) in [6, 6.07) is 13.3. The standard InChI is InChI=1S/C15H13F3N2O/c1-11-7-8-14(21-15(16,17)18)9-12(11)10-19-20-13-5-3-2-4-6-13/h2-10,20H,1H3. The number of alkyl halides is 3. The third kappa shape index (κ3) is 4.83. The lowest BCUT2D eigenvalue weighted by atomic mass is 10.1. The molecule has 0 aliphatic carbocycles. The number of ether oxygens (including phenoxy) is 1. The summed E-state index contributed by atoms with van der Waals surface area (Å²) in [5.41, 5.74) is 4.92. The van der Waals surface area contributed by atoms with Crippen LogP contribution in [0.3, 0.4) is 0 Å². The quantitative estimate of drug-likeness (QED) is 0.672. The van der Waals surface area contributed by atoms with Gasteiger partial charge in [0.1, 0.15) is 5.75 Å². The topological polar surface area (TPSA) is 33.6 Å². The summed E-state index contributed by atoms with van der Waals surface area (Å²) < 4.78 is 40.4. The third-order valence-corrected chi connectivity index (χ3v) is 2.66. The second-order valence-electron chi connectivity index (χ2n) is 4.30. The van der Waals surface area contributed by atoms with Gasteiger partial charge in [0.15, 0.2) is 0 Å². The Morgan fingerprint density at radius 1 is 1.10 bits per heavy atom. The zero-order chi connectivity index (χ0) is 15.3. The van der Waals surface area contributed by atoms with Crippen molar-refractivity contribution in [1.29, 1.82) is 0 Å². The minimum Gasteiger partial charge on any atom is -0.406 e. The number of aryl methyl sites for hydroxylation is 1. The zero-order valence-electron chi connectivity index (χ0n) is 11.2. The number of hydrazone groups is 1. The fraction of sp³-hybridized carbons (Fsp3) is 0.133. The molecule has 0 aliphatic heterocycles. The van der Waals surface area contributed by atoms with E-state index in [1.165, 1.54) is 18.3 Å². The van der Waals surface area contributed by atoms with Gasteiger partial charge in [-0.25, -0.2) is 0 Å². The van der Waals surface area contributed by atoms with E-state index < -0.39 is 6.36 Å². The van der Waals surface area contributed by atoms with Crippen LogP contribution in [-0.2, 0) is 0 Å². The fourth-order valence-electron chi connectivity index (χ4n) is 1.64. The average molecular weight is 294 g/mol. The fourth-order valence-corrected chi connectivity index (χ4v) is 1.64. The van der Waals surface area contributed by atoms with E-state index in [4.69, 9.17) is 0 Å². The SMILES string of the molecule is Cc1ccc(OC(F)(F)F)cc1C=NNc1ccccc1. The van der Waals surface area contributed by atoms with Crippen molar-refractivity contribution in [3.63, 3.8) is 0 Å². The largest absolute Gasteiger partial charge is 0.573 e. The molecule has 6 heteroatoms. The summed E-state index contributed by atoms with van der Waals surface area (Å²) in [5.74, 6) is -0.269. The summed E-state index contributed by atoms with van der Waals surface area (Å²) in [6.07, 6.45) is -3.25. The minimum absolute atomic E-state index is 0.269. The number of benzene rings is 2. The van der Waals surface area contributed by atoms with Crippen LogP contribution < -0.4 is 10.2 Å². The molecule has 110 valence electrons. The van der Waals surface area contributed by atoms with Gasteiger partial charge in [-0.2, -0.15) is 5.10 Å². The van der Waals surface area contributed by atoms with Gasteiger partial charge in [0.05, 0.1) is 11.9 Å². The zero-order valence-corrected chi connectivity index (χ0v) is 11.2. The van der Waals surface area contributed by atoms with Crippen molar-refractivity contribution >= 4 is 11.9 Å². The van der Waals surface area contributed by atoms with Crippen molar-refractivity contribution < 1.29 is 17.9 Å². The van der Waals surface area contributed by atoms with Crippen molar-refractivity contribution in [1.82, 2.24) is 0 Å². The van der Waals surface area contributed by atoms with E-state index >= 15 is 0 Å². The maximum atomic E-state index is 12.2. The molecule has 0 aliphatic rings. The number of hydrogen-bond donors (Lipinski definition) is 1. The molecule has 0 saturated heterocycles. The summed E-state index contributed by atoms with van der Waals surface area (Å²) in [7, 11) is 0. The van der Waals surface area contributed by atoms with Gasteiger partial charge in [-0.15, -0.1) is 13.2 Å². The molecule has 0 heterocycles. The second kappa shape index (κ2) is 6.30. The predicted octanol–water partition coefficient (Wildman–Crippen LogP) is 4.34. The Morgan fingerprint density at radius 3 is 2.48 bits per heavy atom. The molecule has 0 saturated carbocycles. The number of nitrogens with zero attached hydrogens (tertiary/aromatic N) is 1. The highest BCUT2D eigenvalue weighted by Gasteiger charge is 2.31. The van der Waals surface area contributed by atoms with Crippen molar-refractivity contribution in [3.05, 3.63) is 59.7 Å². The van der Waals surface area contributed by atoms with Crippen molar-refractivity contribution in [2.24, 2.45) is 5.10 Å². The maximum absolute atomic E-state index is 12.2. The highest BCUT2D eigenvalue weighted by Crippen LogP contribution is 2.24. The van der Waals surface area contributed by atoms with E-state index in [9.17, 15) is 13.2 Å². The van der Waals surface area contributed by atoms with Crippen LogP contribution in [0.5, 0.6) is 5.75 Å². The van der Waals surface area contributed by atoms with Crippen LogP contribution in [0.1, 0.15) is 11.1 Å². The van der Waals surface area contributed by atoms with Gasteiger partial charge in [-0.3, -0.25) is 5.43 Å². The molecule has 0 spiro atoms. The Kier molecular flexibility index (Phi) is 4.47. The van der Waals surface area contributed by atoms with E-state index in [-0.39, 0.29) is 5.75 Å². The average Bonchev–Trinajstić information content (AvgIpc) is 2.42. The van der Waals surface area contributed by atoms with E-state index in [2.05, 4.69) is 15.3 Å². The molecule has 2 aromatic rings. The Balaban J connectivity index is 2.10. The summed E-state index contributed by atoms with van der Waals surface area (Å²) in [4.78, 5) is 0. The van der Waals surface area contributed by atoms with Crippen molar-refractivity contribution in [3.8, 4) is 5.75 Å². The summed E-state index contributed by atoms with van der Waals surface area (Å²) in [6.45, 7) is 1.78. The lowest BCUT2D eigenvalue weighted by molar-refractivity contribution is -0.274. The number of para-hydroxylation sites is 1. The maximum Gasteiger partial charge on any atom is 0.573 e. The molecule has 0 radical (unpaired) electrons. The van der Waals surface area contributed by atoms with Crippen LogP contribution in [0, 0.1) is 6.92 Å². The normalized spacial score (nSPS) is 11.6. The lowest BCUT2D eigenvalue weighted by Crippen LogP contribution is -2.17. The van der Waals surface area contributed by atoms with Gasteiger partial charge < -0.3 is 4.74 Å². The number of rotatable bonds is 4. The molecule has 3 nitrogen and oxygen atoms in total. The molecule has 0 fully saturated rings. The minimum atomic E-state index is -4.70. The van der Waals surface area contributed by atoms with Crippen LogP contribution in [0.4, 0.5) is 18.9 Å². The van der Waals surface area contributed by atoms with Gasteiger partial charge >= 0.3 is 6.36 Å². The monoisotopic (exact) mass is 294 g/mol. The van der Waals surface area contributed by atoms with Crippen molar-refractivity contribution in [2.75, 3.05) is 5.43 Å². The van der Waals surface area contributed by atoms with E-state index in [0.29, 0.717) is 5.56 Å². The molecule has 0 amide bonds. The first kappa shape index (κ1) is 14.9. The van der Waals surface area contributed by atoms with E-state index in [0.717, 1.165) is 11.3 Å². The Bertz CT molecular complexity index is 625. The third-order valence-electron chi connectivity index (χ3n) is 2.66. The van der Waals surface area contributed by atoms with Gasteiger partial charge in [0, 0.05) is 5.56 Å². The molecule has 1 N–H and O–H groups in total. The summed E-state index contributed by atoms with van der Waals surface area (Å²) >= 11 is 0. The first-order valence-corrected chi connectivity index (χ1v) is 6.14. The van der Waals surface area contributed by atoms with Gasteiger partial charge in [0.25, 0.3) is 0 Å². The number of halogens is 3. The molecule has 0 unspecified atom stereocenters. The van der Waals surface area contributed by atoms with Gasteiger partial charge in [-0.05, 0) is 36.8 Å².